The Morgan fingerprint density at radius 1 is 1.28 bits per heavy atom. The van der Waals surface area contributed by atoms with Crippen LogP contribution >= 0.6 is 11.3 Å². The van der Waals surface area contributed by atoms with Gasteiger partial charge in [0.05, 0.1) is 0 Å². The average Bonchev–Trinajstić information content (AvgIpc) is 2.73. The predicted octanol–water partition coefficient (Wildman–Crippen LogP) is 3.16. The molecular formula is C15H24N2S. The van der Waals surface area contributed by atoms with Gasteiger partial charge in [0.25, 0.3) is 0 Å². The Labute approximate surface area is 114 Å². The van der Waals surface area contributed by atoms with E-state index in [0.29, 0.717) is 0 Å². The second-order valence-corrected chi connectivity index (χ2v) is 7.34. The number of rotatable bonds is 3. The molecule has 0 radical (unpaired) electrons. The summed E-state index contributed by atoms with van der Waals surface area (Å²) < 4.78 is 0. The van der Waals surface area contributed by atoms with E-state index < -0.39 is 0 Å². The summed E-state index contributed by atoms with van der Waals surface area (Å²) in [6.45, 7) is 3.25. The average molecular weight is 264 g/mol. The lowest BCUT2D eigenvalue weighted by atomic mass is 9.82. The van der Waals surface area contributed by atoms with Crippen LogP contribution in [0.5, 0.6) is 0 Å². The van der Waals surface area contributed by atoms with E-state index in [1.807, 2.05) is 11.3 Å². The number of nitrogens with one attached hydrogen (secondary N) is 1. The van der Waals surface area contributed by atoms with Crippen molar-refractivity contribution in [1.82, 2.24) is 10.2 Å². The summed E-state index contributed by atoms with van der Waals surface area (Å²) in [6, 6.07) is 6.90. The molecule has 2 saturated heterocycles. The summed E-state index contributed by atoms with van der Waals surface area (Å²) in [5.41, 5.74) is 0. The number of thiophene rings is 1. The van der Waals surface area contributed by atoms with Crippen LogP contribution in [0.3, 0.4) is 0 Å². The summed E-state index contributed by atoms with van der Waals surface area (Å²) in [7, 11) is 2.33. The van der Waals surface area contributed by atoms with Crippen LogP contribution in [0.1, 0.15) is 41.9 Å². The van der Waals surface area contributed by atoms with Crippen molar-refractivity contribution >= 4 is 11.3 Å². The van der Waals surface area contributed by atoms with Crippen LogP contribution in [0.25, 0.3) is 0 Å². The molecular weight excluding hydrogens is 240 g/mol. The minimum absolute atomic E-state index is 0.735. The number of nitrogens with zero attached hydrogens (tertiary/aromatic N) is 1. The SMILES string of the molecule is Cc1ccc(CNC2CC3CCCC(C2)N3C)s1. The van der Waals surface area contributed by atoms with Gasteiger partial charge in [0.15, 0.2) is 0 Å². The van der Waals surface area contributed by atoms with Gasteiger partial charge in [-0.3, -0.25) is 0 Å². The lowest BCUT2D eigenvalue weighted by Gasteiger charge is -2.47. The van der Waals surface area contributed by atoms with Crippen LogP contribution in [-0.4, -0.2) is 30.1 Å². The molecule has 1 aromatic heterocycles. The Morgan fingerprint density at radius 2 is 2.00 bits per heavy atom. The fourth-order valence-corrected chi connectivity index (χ4v) is 4.45. The highest BCUT2D eigenvalue weighted by molar-refractivity contribution is 7.11. The molecule has 2 bridgehead atoms. The Morgan fingerprint density at radius 3 is 2.61 bits per heavy atom. The third-order valence-electron chi connectivity index (χ3n) is 4.70. The van der Waals surface area contributed by atoms with Crippen LogP contribution in [0.4, 0.5) is 0 Å². The fraction of sp³-hybridized carbons (Fsp3) is 0.733. The molecule has 2 aliphatic heterocycles. The Kier molecular flexibility index (Phi) is 3.73. The number of aryl methyl sites for hydroxylation is 1. The van der Waals surface area contributed by atoms with E-state index >= 15 is 0 Å². The lowest BCUT2D eigenvalue weighted by Crippen LogP contribution is -2.54. The van der Waals surface area contributed by atoms with Gasteiger partial charge < -0.3 is 10.2 Å². The Bertz CT molecular complexity index is 387. The predicted molar refractivity (Wildman–Crippen MR) is 78.1 cm³/mol. The van der Waals surface area contributed by atoms with Gasteiger partial charge in [-0.15, -0.1) is 11.3 Å². The van der Waals surface area contributed by atoms with E-state index in [1.54, 1.807) is 0 Å². The van der Waals surface area contributed by atoms with Crippen LogP contribution < -0.4 is 5.32 Å². The van der Waals surface area contributed by atoms with E-state index in [-0.39, 0.29) is 0 Å². The smallest absolute Gasteiger partial charge is 0.0302 e. The first-order valence-electron chi connectivity index (χ1n) is 7.23. The highest BCUT2D eigenvalue weighted by Crippen LogP contribution is 2.32. The number of fused-ring (bicyclic) bond motifs is 2. The second kappa shape index (κ2) is 5.32. The molecule has 2 fully saturated rings. The molecule has 0 aliphatic carbocycles. The highest BCUT2D eigenvalue weighted by Gasteiger charge is 2.35. The summed E-state index contributed by atoms with van der Waals surface area (Å²) in [6.07, 6.45) is 6.94. The number of piperidine rings is 2. The summed E-state index contributed by atoms with van der Waals surface area (Å²) in [4.78, 5) is 5.54. The van der Waals surface area contributed by atoms with Crippen molar-refractivity contribution in [2.24, 2.45) is 0 Å². The van der Waals surface area contributed by atoms with E-state index in [0.717, 1.165) is 24.7 Å². The number of hydrogen-bond acceptors (Lipinski definition) is 3. The summed E-state index contributed by atoms with van der Waals surface area (Å²) >= 11 is 1.93. The maximum absolute atomic E-state index is 3.78. The van der Waals surface area contributed by atoms with Crippen molar-refractivity contribution in [1.29, 1.82) is 0 Å². The van der Waals surface area contributed by atoms with E-state index in [4.69, 9.17) is 0 Å². The maximum atomic E-state index is 3.78. The number of hydrogen-bond donors (Lipinski definition) is 1. The maximum Gasteiger partial charge on any atom is 0.0302 e. The molecule has 0 saturated carbocycles. The van der Waals surface area contributed by atoms with Crippen molar-refractivity contribution < 1.29 is 0 Å². The van der Waals surface area contributed by atoms with Gasteiger partial charge in [0, 0.05) is 34.4 Å². The van der Waals surface area contributed by atoms with E-state index in [1.165, 1.54) is 41.9 Å². The minimum Gasteiger partial charge on any atom is -0.309 e. The molecule has 0 aromatic carbocycles. The Balaban J connectivity index is 1.55. The van der Waals surface area contributed by atoms with Crippen LogP contribution in [0, 0.1) is 6.92 Å². The van der Waals surface area contributed by atoms with Gasteiger partial charge in [-0.2, -0.15) is 0 Å². The first kappa shape index (κ1) is 12.6. The topological polar surface area (TPSA) is 15.3 Å². The first-order valence-corrected chi connectivity index (χ1v) is 8.04. The Hall–Kier alpha value is -0.380. The van der Waals surface area contributed by atoms with Crippen LogP contribution in [-0.2, 0) is 6.54 Å². The zero-order valence-electron chi connectivity index (χ0n) is 11.5. The van der Waals surface area contributed by atoms with Crippen LogP contribution in [0.15, 0.2) is 12.1 Å². The quantitative estimate of drug-likeness (QED) is 0.902. The molecule has 0 amide bonds. The molecule has 0 spiro atoms. The van der Waals surface area contributed by atoms with Gasteiger partial charge in [0.2, 0.25) is 0 Å². The third-order valence-corrected chi connectivity index (χ3v) is 5.70. The monoisotopic (exact) mass is 264 g/mol. The normalized spacial score (nSPS) is 32.7. The fourth-order valence-electron chi connectivity index (χ4n) is 3.61. The van der Waals surface area contributed by atoms with Crippen molar-refractivity contribution in [3.63, 3.8) is 0 Å². The van der Waals surface area contributed by atoms with Crippen LogP contribution in [0.2, 0.25) is 0 Å². The second-order valence-electron chi connectivity index (χ2n) is 5.97. The van der Waals surface area contributed by atoms with Gasteiger partial charge >= 0.3 is 0 Å². The standard InChI is InChI=1S/C15H24N2S/c1-11-6-7-15(18-11)10-16-12-8-13-4-3-5-14(9-12)17(13)2/h6-7,12-14,16H,3-5,8-10H2,1-2H3. The van der Waals surface area contributed by atoms with Crippen molar-refractivity contribution in [3.8, 4) is 0 Å². The lowest BCUT2D eigenvalue weighted by molar-refractivity contribution is 0.0483. The molecule has 1 aromatic rings. The van der Waals surface area contributed by atoms with Gasteiger partial charge in [-0.1, -0.05) is 6.42 Å². The molecule has 3 rings (SSSR count). The largest absolute Gasteiger partial charge is 0.309 e. The van der Waals surface area contributed by atoms with E-state index in [9.17, 15) is 0 Å². The van der Waals surface area contributed by atoms with Crippen molar-refractivity contribution in [3.05, 3.63) is 21.9 Å². The van der Waals surface area contributed by atoms with E-state index in [2.05, 4.69) is 36.3 Å². The third kappa shape index (κ3) is 2.63. The molecule has 2 unspecified atom stereocenters. The molecule has 3 heteroatoms. The molecule has 2 aliphatic rings. The molecule has 2 nitrogen and oxygen atoms in total. The minimum atomic E-state index is 0.735. The molecule has 2 atom stereocenters. The molecule has 1 N–H and O–H groups in total. The zero-order valence-corrected chi connectivity index (χ0v) is 12.3. The summed E-state index contributed by atoms with van der Waals surface area (Å²) in [5.74, 6) is 0. The molecule has 100 valence electrons. The molecule has 3 heterocycles. The van der Waals surface area contributed by atoms with Gasteiger partial charge in [-0.25, -0.2) is 0 Å². The van der Waals surface area contributed by atoms with Gasteiger partial charge in [-0.05, 0) is 51.8 Å². The first-order chi connectivity index (χ1) is 8.72. The van der Waals surface area contributed by atoms with Crippen molar-refractivity contribution in [2.75, 3.05) is 7.05 Å². The van der Waals surface area contributed by atoms with Crippen molar-refractivity contribution in [2.45, 2.75) is 63.7 Å². The summed E-state index contributed by atoms with van der Waals surface area (Å²) in [5, 5.41) is 3.78. The highest BCUT2D eigenvalue weighted by atomic mass is 32.1. The molecule has 18 heavy (non-hydrogen) atoms. The zero-order chi connectivity index (χ0) is 12.5. The van der Waals surface area contributed by atoms with Gasteiger partial charge in [0.1, 0.15) is 0 Å².